The molecule has 0 radical (unpaired) electrons. The Hall–Kier alpha value is -2.82. The molecule has 0 aromatic heterocycles. The Kier molecular flexibility index (Phi) is 4.78. The largest absolute Gasteiger partial charge is 0.508 e. The van der Waals surface area contributed by atoms with Crippen LogP contribution in [-0.2, 0) is 9.53 Å². The summed E-state index contributed by atoms with van der Waals surface area (Å²) in [6, 6.07) is 13.0. The van der Waals surface area contributed by atoms with Crippen LogP contribution in [0.5, 0.6) is 5.75 Å². The van der Waals surface area contributed by atoms with E-state index in [0.29, 0.717) is 5.69 Å². The molecule has 1 amide bonds. The minimum absolute atomic E-state index is 0.0572. The summed E-state index contributed by atoms with van der Waals surface area (Å²) in [5.41, 5.74) is 1.94. The van der Waals surface area contributed by atoms with Gasteiger partial charge in [0.25, 0.3) is 5.91 Å². The number of anilines is 1. The van der Waals surface area contributed by atoms with Gasteiger partial charge in [0.2, 0.25) is 0 Å². The predicted molar refractivity (Wildman–Crippen MR) is 82.8 cm³/mol. The molecular weight excluding hydrogens is 282 g/mol. The number of phenolic OH excluding ortho intramolecular Hbond substituents is 1. The molecule has 0 spiro atoms. The normalized spacial score (nSPS) is 11.5. The van der Waals surface area contributed by atoms with Gasteiger partial charge in [-0.25, -0.2) is 4.79 Å². The first-order chi connectivity index (χ1) is 10.5. The predicted octanol–water partition coefficient (Wildman–Crippen LogP) is 2.88. The summed E-state index contributed by atoms with van der Waals surface area (Å²) in [6.45, 7) is 3.42. The van der Waals surface area contributed by atoms with E-state index < -0.39 is 18.0 Å². The molecule has 2 N–H and O–H groups in total. The fraction of sp³-hybridized carbons (Fsp3) is 0.176. The van der Waals surface area contributed by atoms with Gasteiger partial charge in [-0.2, -0.15) is 0 Å². The average molecular weight is 299 g/mol. The van der Waals surface area contributed by atoms with Gasteiger partial charge in [-0.1, -0.05) is 12.1 Å². The van der Waals surface area contributed by atoms with Gasteiger partial charge in [0.05, 0.1) is 5.56 Å². The number of hydrogen-bond donors (Lipinski definition) is 2. The lowest BCUT2D eigenvalue weighted by atomic mass is 10.2. The number of phenols is 1. The zero-order chi connectivity index (χ0) is 16.1. The number of rotatable bonds is 4. The van der Waals surface area contributed by atoms with Gasteiger partial charge in [0.1, 0.15) is 5.75 Å². The Labute approximate surface area is 128 Å². The Morgan fingerprint density at radius 1 is 1.14 bits per heavy atom. The minimum Gasteiger partial charge on any atom is -0.508 e. The van der Waals surface area contributed by atoms with E-state index in [-0.39, 0.29) is 11.3 Å². The van der Waals surface area contributed by atoms with E-state index in [4.69, 9.17) is 4.74 Å². The van der Waals surface area contributed by atoms with Crippen molar-refractivity contribution in [2.24, 2.45) is 0 Å². The number of esters is 1. The van der Waals surface area contributed by atoms with Crippen LogP contribution in [0.25, 0.3) is 0 Å². The highest BCUT2D eigenvalue weighted by atomic mass is 16.5. The van der Waals surface area contributed by atoms with Gasteiger partial charge in [0, 0.05) is 5.69 Å². The van der Waals surface area contributed by atoms with Crippen molar-refractivity contribution in [3.05, 3.63) is 59.7 Å². The molecule has 0 saturated carbocycles. The van der Waals surface area contributed by atoms with E-state index in [2.05, 4.69) is 5.32 Å². The van der Waals surface area contributed by atoms with Crippen LogP contribution >= 0.6 is 0 Å². The number of amides is 1. The molecule has 114 valence electrons. The summed E-state index contributed by atoms with van der Waals surface area (Å²) >= 11 is 0. The summed E-state index contributed by atoms with van der Waals surface area (Å²) in [4.78, 5) is 23.9. The van der Waals surface area contributed by atoms with Gasteiger partial charge < -0.3 is 15.2 Å². The molecule has 2 aromatic rings. The van der Waals surface area contributed by atoms with Crippen molar-refractivity contribution in [2.45, 2.75) is 20.0 Å². The molecule has 0 aliphatic carbocycles. The van der Waals surface area contributed by atoms with E-state index >= 15 is 0 Å². The molecule has 0 fully saturated rings. The second-order valence-corrected chi connectivity index (χ2v) is 4.95. The van der Waals surface area contributed by atoms with Crippen molar-refractivity contribution >= 4 is 17.6 Å². The van der Waals surface area contributed by atoms with Crippen LogP contribution in [-0.4, -0.2) is 23.1 Å². The number of benzene rings is 2. The van der Waals surface area contributed by atoms with Crippen LogP contribution in [0.2, 0.25) is 0 Å². The third-order valence-electron chi connectivity index (χ3n) is 3.04. The summed E-state index contributed by atoms with van der Waals surface area (Å²) < 4.78 is 5.11. The van der Waals surface area contributed by atoms with Crippen LogP contribution in [0.4, 0.5) is 5.69 Å². The smallest absolute Gasteiger partial charge is 0.338 e. The molecule has 5 heteroatoms. The lowest BCUT2D eigenvalue weighted by Crippen LogP contribution is -2.30. The van der Waals surface area contributed by atoms with E-state index in [0.717, 1.165) is 5.56 Å². The van der Waals surface area contributed by atoms with Crippen LogP contribution in [0.3, 0.4) is 0 Å². The molecule has 22 heavy (non-hydrogen) atoms. The monoisotopic (exact) mass is 299 g/mol. The van der Waals surface area contributed by atoms with Gasteiger partial charge in [-0.15, -0.1) is 0 Å². The molecule has 0 saturated heterocycles. The Bertz CT molecular complexity index is 679. The third-order valence-corrected chi connectivity index (χ3v) is 3.04. The lowest BCUT2D eigenvalue weighted by molar-refractivity contribution is -0.123. The molecule has 0 bridgehead atoms. The van der Waals surface area contributed by atoms with Gasteiger partial charge in [-0.3, -0.25) is 4.79 Å². The zero-order valence-electron chi connectivity index (χ0n) is 12.4. The SMILES string of the molecule is Cc1cccc(NC(=O)[C@@H](C)OC(=O)c2ccc(O)cc2)c1. The second kappa shape index (κ2) is 6.76. The Morgan fingerprint density at radius 2 is 1.82 bits per heavy atom. The molecule has 0 aliphatic rings. The summed E-state index contributed by atoms with van der Waals surface area (Å²) in [5, 5.41) is 11.9. The molecular formula is C17H17NO4. The molecule has 0 unspecified atom stereocenters. The number of carbonyl (C=O) groups excluding carboxylic acids is 2. The number of ether oxygens (including phenoxy) is 1. The van der Waals surface area contributed by atoms with Crippen LogP contribution in [0, 0.1) is 6.92 Å². The molecule has 5 nitrogen and oxygen atoms in total. The van der Waals surface area contributed by atoms with E-state index in [1.807, 2.05) is 25.1 Å². The third kappa shape index (κ3) is 4.09. The summed E-state index contributed by atoms with van der Waals surface area (Å²) in [6.07, 6.45) is -0.929. The van der Waals surface area contributed by atoms with Crippen molar-refractivity contribution in [2.75, 3.05) is 5.32 Å². The maximum atomic E-state index is 12.0. The molecule has 0 aliphatic heterocycles. The lowest BCUT2D eigenvalue weighted by Gasteiger charge is -2.14. The zero-order valence-corrected chi connectivity index (χ0v) is 12.4. The van der Waals surface area contributed by atoms with Crippen LogP contribution < -0.4 is 5.32 Å². The van der Waals surface area contributed by atoms with Gasteiger partial charge in [-0.05, 0) is 55.8 Å². The number of hydrogen-bond acceptors (Lipinski definition) is 4. The number of nitrogens with one attached hydrogen (secondary N) is 1. The first-order valence-corrected chi connectivity index (χ1v) is 6.83. The number of carbonyl (C=O) groups is 2. The molecule has 0 heterocycles. The summed E-state index contributed by atoms with van der Waals surface area (Å²) in [7, 11) is 0. The van der Waals surface area contributed by atoms with Crippen molar-refractivity contribution < 1.29 is 19.4 Å². The van der Waals surface area contributed by atoms with Gasteiger partial charge >= 0.3 is 5.97 Å². The highest BCUT2D eigenvalue weighted by Gasteiger charge is 2.19. The fourth-order valence-electron chi connectivity index (χ4n) is 1.85. The van der Waals surface area contributed by atoms with Crippen molar-refractivity contribution in [1.82, 2.24) is 0 Å². The highest BCUT2D eigenvalue weighted by molar-refractivity contribution is 5.97. The topological polar surface area (TPSA) is 75.6 Å². The highest BCUT2D eigenvalue weighted by Crippen LogP contribution is 2.13. The van der Waals surface area contributed by atoms with Crippen LogP contribution in [0.15, 0.2) is 48.5 Å². The van der Waals surface area contributed by atoms with E-state index in [9.17, 15) is 14.7 Å². The Balaban J connectivity index is 1.96. The first kappa shape index (κ1) is 15.6. The quantitative estimate of drug-likeness (QED) is 0.851. The standard InChI is InChI=1S/C17H17NO4/c1-11-4-3-5-14(10-11)18-16(20)12(2)22-17(21)13-6-8-15(19)9-7-13/h3-10,12,19H,1-2H3,(H,18,20)/t12-/m1/s1. The number of aryl methyl sites for hydroxylation is 1. The van der Waals surface area contributed by atoms with Gasteiger partial charge in [0.15, 0.2) is 6.10 Å². The van der Waals surface area contributed by atoms with Crippen LogP contribution in [0.1, 0.15) is 22.8 Å². The molecule has 2 rings (SSSR count). The number of aromatic hydroxyl groups is 1. The Morgan fingerprint density at radius 3 is 2.45 bits per heavy atom. The van der Waals surface area contributed by atoms with Crippen molar-refractivity contribution in [1.29, 1.82) is 0 Å². The van der Waals surface area contributed by atoms with Crippen molar-refractivity contribution in [3.8, 4) is 5.75 Å². The second-order valence-electron chi connectivity index (χ2n) is 4.95. The maximum Gasteiger partial charge on any atom is 0.338 e. The maximum absolute atomic E-state index is 12.0. The fourth-order valence-corrected chi connectivity index (χ4v) is 1.85. The van der Waals surface area contributed by atoms with E-state index in [1.165, 1.54) is 31.2 Å². The van der Waals surface area contributed by atoms with E-state index in [1.54, 1.807) is 6.07 Å². The molecule has 1 atom stereocenters. The summed E-state index contributed by atoms with van der Waals surface area (Å²) in [5.74, 6) is -0.966. The molecule has 2 aromatic carbocycles. The van der Waals surface area contributed by atoms with Crippen molar-refractivity contribution in [3.63, 3.8) is 0 Å². The minimum atomic E-state index is -0.929. The first-order valence-electron chi connectivity index (χ1n) is 6.83. The average Bonchev–Trinajstić information content (AvgIpc) is 2.47.